The molecule has 2 saturated heterocycles. The number of nitrogens with zero attached hydrogens (tertiary/aromatic N) is 5. The van der Waals surface area contributed by atoms with Crippen molar-refractivity contribution in [2.24, 2.45) is 5.41 Å². The highest BCUT2D eigenvalue weighted by Gasteiger charge is 2.46. The van der Waals surface area contributed by atoms with E-state index in [4.69, 9.17) is 14.2 Å². The number of fused-ring (bicyclic) bond motifs is 2. The van der Waals surface area contributed by atoms with Gasteiger partial charge in [0.25, 0.3) is 0 Å². The molecule has 1 atom stereocenters. The first kappa shape index (κ1) is 28.0. The number of hydrogen-bond acceptors (Lipinski definition) is 8. The van der Waals surface area contributed by atoms with Crippen LogP contribution in [0.1, 0.15) is 17.7 Å². The standard InChI is InChI=1S/C29H34FN5O5S/c1-38-14-15-40-21-29-17-22-18-32-35(25-4-2-24(30)3-5-25)27(22)16-23(29)8-9-34(20-29)41(36,37)26-6-7-28(31-19-26)33-10-12-39-13-11-33/h2-7,16,18-19H,8-15,17,20-21H2,1H3. The molecule has 6 rings (SSSR count). The zero-order chi connectivity index (χ0) is 28.5. The molecule has 0 radical (unpaired) electrons. The molecule has 10 nitrogen and oxygen atoms in total. The Bertz CT molecular complexity index is 1500. The van der Waals surface area contributed by atoms with E-state index in [-0.39, 0.29) is 17.3 Å². The van der Waals surface area contributed by atoms with Crippen molar-refractivity contribution in [2.45, 2.75) is 17.7 Å². The molecular weight excluding hydrogens is 549 g/mol. The van der Waals surface area contributed by atoms with Gasteiger partial charge < -0.3 is 19.1 Å². The fourth-order valence-electron chi connectivity index (χ4n) is 5.88. The van der Waals surface area contributed by atoms with Crippen LogP contribution in [0.3, 0.4) is 0 Å². The molecule has 2 fully saturated rings. The van der Waals surface area contributed by atoms with Crippen LogP contribution in [-0.2, 0) is 30.7 Å². The summed E-state index contributed by atoms with van der Waals surface area (Å²) in [6.45, 7) is 4.55. The number of pyridine rings is 1. The van der Waals surface area contributed by atoms with E-state index in [1.807, 2.05) is 10.9 Å². The largest absolute Gasteiger partial charge is 0.382 e. The van der Waals surface area contributed by atoms with E-state index >= 15 is 0 Å². The van der Waals surface area contributed by atoms with Gasteiger partial charge in [0.2, 0.25) is 10.0 Å². The third kappa shape index (κ3) is 5.54. The number of sulfonamides is 1. The van der Waals surface area contributed by atoms with Crippen molar-refractivity contribution in [3.05, 3.63) is 71.4 Å². The number of morpholine rings is 1. The molecule has 2 aromatic heterocycles. The number of hydrogen-bond donors (Lipinski definition) is 0. The number of anilines is 1. The zero-order valence-electron chi connectivity index (χ0n) is 23.0. The van der Waals surface area contributed by atoms with Crippen LogP contribution in [0.2, 0.25) is 0 Å². The van der Waals surface area contributed by atoms with Crippen molar-refractivity contribution >= 4 is 21.9 Å². The molecule has 1 aliphatic carbocycles. The minimum Gasteiger partial charge on any atom is -0.382 e. The second-order valence-corrected chi connectivity index (χ2v) is 12.6. The first-order valence-electron chi connectivity index (χ1n) is 13.8. The molecule has 41 heavy (non-hydrogen) atoms. The highest BCUT2D eigenvalue weighted by molar-refractivity contribution is 7.89. The first-order chi connectivity index (χ1) is 19.9. The summed E-state index contributed by atoms with van der Waals surface area (Å²) in [6, 6.07) is 9.65. The smallest absolute Gasteiger partial charge is 0.244 e. The number of piperidine rings is 1. The van der Waals surface area contributed by atoms with Gasteiger partial charge in [-0.1, -0.05) is 5.57 Å². The molecule has 0 amide bonds. The third-order valence-corrected chi connectivity index (χ3v) is 9.92. The maximum atomic E-state index is 13.9. The van der Waals surface area contributed by atoms with Gasteiger partial charge in [-0.2, -0.15) is 9.40 Å². The SMILES string of the molecule is COCCOCC12Cc3cnn(-c4ccc(F)cc4)c3C=C1CCN(S(=O)(=O)c1ccc(N3CCOCC3)nc1)C2. The first-order valence-corrected chi connectivity index (χ1v) is 15.2. The van der Waals surface area contributed by atoms with Crippen LogP contribution in [0.25, 0.3) is 11.8 Å². The monoisotopic (exact) mass is 583 g/mol. The fraction of sp³-hybridized carbons (Fsp3) is 0.448. The summed E-state index contributed by atoms with van der Waals surface area (Å²) in [4.78, 5) is 6.75. The lowest BCUT2D eigenvalue weighted by molar-refractivity contribution is 0.0147. The molecular formula is C29H34FN5O5S. The van der Waals surface area contributed by atoms with Gasteiger partial charge in [0.05, 0.1) is 50.6 Å². The molecule has 2 aliphatic heterocycles. The number of methoxy groups -OCH3 is 1. The van der Waals surface area contributed by atoms with E-state index in [1.54, 1.807) is 35.7 Å². The van der Waals surface area contributed by atoms with E-state index in [0.717, 1.165) is 41.4 Å². The number of aromatic nitrogens is 3. The molecule has 218 valence electrons. The minimum absolute atomic E-state index is 0.179. The second kappa shape index (κ2) is 11.6. The van der Waals surface area contributed by atoms with Gasteiger partial charge in [-0.3, -0.25) is 0 Å². The lowest BCUT2D eigenvalue weighted by Gasteiger charge is -2.45. The van der Waals surface area contributed by atoms with Gasteiger partial charge in [0, 0.05) is 44.9 Å². The Hall–Kier alpha value is -3.16. The van der Waals surface area contributed by atoms with Crippen LogP contribution in [0.4, 0.5) is 10.2 Å². The quantitative estimate of drug-likeness (QED) is 0.355. The van der Waals surface area contributed by atoms with Gasteiger partial charge in [0.1, 0.15) is 16.5 Å². The van der Waals surface area contributed by atoms with Crippen molar-refractivity contribution in [3.63, 3.8) is 0 Å². The molecule has 3 aliphatic rings. The summed E-state index contributed by atoms with van der Waals surface area (Å²) in [5.74, 6) is 0.442. The third-order valence-electron chi connectivity index (χ3n) is 8.09. The lowest BCUT2D eigenvalue weighted by atomic mass is 9.69. The van der Waals surface area contributed by atoms with E-state index < -0.39 is 15.4 Å². The second-order valence-electron chi connectivity index (χ2n) is 10.7. The predicted molar refractivity (Wildman–Crippen MR) is 151 cm³/mol. The maximum absolute atomic E-state index is 13.9. The van der Waals surface area contributed by atoms with Crippen molar-refractivity contribution in [1.29, 1.82) is 0 Å². The summed E-state index contributed by atoms with van der Waals surface area (Å²) in [7, 11) is -2.17. The Morgan fingerprint density at radius 2 is 1.85 bits per heavy atom. The van der Waals surface area contributed by atoms with Crippen molar-refractivity contribution in [2.75, 3.05) is 71.2 Å². The van der Waals surface area contributed by atoms with Crippen LogP contribution >= 0.6 is 0 Å². The van der Waals surface area contributed by atoms with Crippen LogP contribution in [0, 0.1) is 11.2 Å². The summed E-state index contributed by atoms with van der Waals surface area (Å²) in [5.41, 5.74) is 3.26. The normalized spacial score (nSPS) is 21.3. The lowest BCUT2D eigenvalue weighted by Crippen LogP contribution is -2.51. The predicted octanol–water partition coefficient (Wildman–Crippen LogP) is 2.93. The Kier molecular flexibility index (Phi) is 7.92. The minimum atomic E-state index is -3.79. The zero-order valence-corrected chi connectivity index (χ0v) is 23.9. The molecule has 0 spiro atoms. The molecule has 1 aromatic carbocycles. The highest BCUT2D eigenvalue weighted by Crippen LogP contribution is 2.45. The van der Waals surface area contributed by atoms with Gasteiger partial charge in [-0.25, -0.2) is 22.5 Å². The van der Waals surface area contributed by atoms with Gasteiger partial charge in [-0.05, 0) is 60.9 Å². The summed E-state index contributed by atoms with van der Waals surface area (Å²) in [5, 5.41) is 4.60. The molecule has 1 unspecified atom stereocenters. The van der Waals surface area contributed by atoms with Crippen LogP contribution in [0.5, 0.6) is 0 Å². The van der Waals surface area contributed by atoms with Crippen molar-refractivity contribution in [3.8, 4) is 5.69 Å². The fourth-order valence-corrected chi connectivity index (χ4v) is 7.35. The summed E-state index contributed by atoms with van der Waals surface area (Å²) in [6.07, 6.45) is 6.50. The van der Waals surface area contributed by atoms with Gasteiger partial charge >= 0.3 is 0 Å². The van der Waals surface area contributed by atoms with E-state index in [0.29, 0.717) is 52.4 Å². The molecule has 0 bridgehead atoms. The van der Waals surface area contributed by atoms with Crippen LogP contribution in [0.15, 0.2) is 59.3 Å². The highest BCUT2D eigenvalue weighted by atomic mass is 32.2. The molecule has 0 saturated carbocycles. The topological polar surface area (TPSA) is 99.0 Å². The van der Waals surface area contributed by atoms with E-state index in [9.17, 15) is 12.8 Å². The van der Waals surface area contributed by atoms with E-state index in [1.165, 1.54) is 18.3 Å². The Morgan fingerprint density at radius 1 is 1.05 bits per heavy atom. The average Bonchev–Trinajstić information content (AvgIpc) is 3.41. The summed E-state index contributed by atoms with van der Waals surface area (Å²) < 4.78 is 61.3. The van der Waals surface area contributed by atoms with Gasteiger partial charge in [-0.15, -0.1) is 0 Å². The maximum Gasteiger partial charge on any atom is 0.244 e. The summed E-state index contributed by atoms with van der Waals surface area (Å²) >= 11 is 0. The number of benzene rings is 1. The van der Waals surface area contributed by atoms with E-state index in [2.05, 4.69) is 21.1 Å². The molecule has 4 heterocycles. The van der Waals surface area contributed by atoms with Crippen molar-refractivity contribution in [1.82, 2.24) is 19.1 Å². The van der Waals surface area contributed by atoms with Gasteiger partial charge in [0.15, 0.2) is 0 Å². The molecule has 0 N–H and O–H groups in total. The number of halogens is 1. The Morgan fingerprint density at radius 3 is 2.59 bits per heavy atom. The van der Waals surface area contributed by atoms with Crippen LogP contribution < -0.4 is 4.90 Å². The average molecular weight is 584 g/mol. The Balaban J connectivity index is 1.28. The number of rotatable bonds is 9. The Labute approximate surface area is 239 Å². The van der Waals surface area contributed by atoms with Crippen LogP contribution in [-0.4, -0.2) is 93.8 Å². The molecule has 12 heteroatoms. The number of ether oxygens (including phenoxy) is 3. The van der Waals surface area contributed by atoms with Crippen molar-refractivity contribution < 1.29 is 27.0 Å². The molecule has 3 aromatic rings.